The molecule has 1 aromatic carbocycles. The molecule has 1 amide bonds. The molecule has 0 saturated heterocycles. The number of carbonyl (C=O) groups is 2. The second kappa shape index (κ2) is 5.87. The number of hydrogen-bond donors (Lipinski definition) is 1. The Hall–Kier alpha value is -1.55. The summed E-state index contributed by atoms with van der Waals surface area (Å²) in [7, 11) is 1.50. The van der Waals surface area contributed by atoms with Crippen LogP contribution in [0.15, 0.2) is 18.2 Å². The molecule has 1 rings (SSSR count). The molecular formula is C13H16ClNO3. The number of aliphatic carboxylic acids is 1. The highest BCUT2D eigenvalue weighted by molar-refractivity contribution is 6.30. The fraction of sp³-hybridized carbons (Fsp3) is 0.385. The lowest BCUT2D eigenvalue weighted by Gasteiger charge is -2.24. The van der Waals surface area contributed by atoms with Gasteiger partial charge in [0, 0.05) is 17.6 Å². The topological polar surface area (TPSA) is 57.6 Å². The van der Waals surface area contributed by atoms with Crippen molar-refractivity contribution in [3.05, 3.63) is 34.3 Å². The minimum Gasteiger partial charge on any atom is -0.480 e. The van der Waals surface area contributed by atoms with E-state index in [1.165, 1.54) is 11.9 Å². The monoisotopic (exact) mass is 269 g/mol. The maximum absolute atomic E-state index is 12.2. The molecule has 1 N–H and O–H groups in total. The zero-order chi connectivity index (χ0) is 13.9. The molecule has 1 atom stereocenters. The van der Waals surface area contributed by atoms with Gasteiger partial charge in [0.15, 0.2) is 0 Å². The van der Waals surface area contributed by atoms with Crippen LogP contribution >= 0.6 is 11.6 Å². The van der Waals surface area contributed by atoms with E-state index in [1.807, 2.05) is 0 Å². The lowest BCUT2D eigenvalue weighted by atomic mass is 10.1. The van der Waals surface area contributed by atoms with Crippen LogP contribution in [0.4, 0.5) is 0 Å². The van der Waals surface area contributed by atoms with Crippen LogP contribution in [0, 0.1) is 6.92 Å². The van der Waals surface area contributed by atoms with Gasteiger partial charge in [0.1, 0.15) is 6.04 Å². The van der Waals surface area contributed by atoms with Gasteiger partial charge in [-0.25, -0.2) is 4.79 Å². The highest BCUT2D eigenvalue weighted by Crippen LogP contribution is 2.18. The fourth-order valence-electron chi connectivity index (χ4n) is 1.81. The van der Waals surface area contributed by atoms with Crippen molar-refractivity contribution in [3.63, 3.8) is 0 Å². The van der Waals surface area contributed by atoms with Crippen LogP contribution in [0.5, 0.6) is 0 Å². The number of carboxylic acids is 1. The molecule has 5 heteroatoms. The highest BCUT2D eigenvalue weighted by atomic mass is 35.5. The Morgan fingerprint density at radius 1 is 1.44 bits per heavy atom. The average molecular weight is 270 g/mol. The molecule has 0 aliphatic rings. The van der Waals surface area contributed by atoms with Gasteiger partial charge in [0.25, 0.3) is 5.91 Å². The minimum atomic E-state index is -1.00. The van der Waals surface area contributed by atoms with Gasteiger partial charge >= 0.3 is 5.97 Å². The van der Waals surface area contributed by atoms with E-state index in [4.69, 9.17) is 16.7 Å². The van der Waals surface area contributed by atoms with Gasteiger partial charge in [0.2, 0.25) is 0 Å². The quantitative estimate of drug-likeness (QED) is 0.914. The molecule has 0 saturated carbocycles. The van der Waals surface area contributed by atoms with Crippen LogP contribution < -0.4 is 0 Å². The zero-order valence-electron chi connectivity index (χ0n) is 10.6. The van der Waals surface area contributed by atoms with Crippen LogP contribution in [0.2, 0.25) is 5.02 Å². The molecule has 4 nitrogen and oxygen atoms in total. The number of carbonyl (C=O) groups excluding carboxylic acids is 1. The number of carboxylic acid groups (broad SMARTS) is 1. The normalized spacial score (nSPS) is 12.0. The molecule has 1 unspecified atom stereocenters. The van der Waals surface area contributed by atoms with E-state index in [0.29, 0.717) is 17.0 Å². The van der Waals surface area contributed by atoms with Crippen molar-refractivity contribution in [2.75, 3.05) is 7.05 Å². The second-order valence-corrected chi connectivity index (χ2v) is 4.57. The molecule has 98 valence electrons. The highest BCUT2D eigenvalue weighted by Gasteiger charge is 2.26. The fourth-order valence-corrected chi connectivity index (χ4v) is 2.04. The molecule has 0 radical (unpaired) electrons. The Balaban J connectivity index is 3.02. The van der Waals surface area contributed by atoms with E-state index in [1.54, 1.807) is 32.0 Å². The average Bonchev–Trinajstić information content (AvgIpc) is 2.28. The molecule has 1 aromatic rings. The van der Waals surface area contributed by atoms with Crippen molar-refractivity contribution in [1.29, 1.82) is 0 Å². The summed E-state index contributed by atoms with van der Waals surface area (Å²) >= 11 is 5.82. The van der Waals surface area contributed by atoms with Crippen molar-refractivity contribution in [2.24, 2.45) is 0 Å². The lowest BCUT2D eigenvalue weighted by molar-refractivity contribution is -0.142. The number of halogens is 1. The molecular weight excluding hydrogens is 254 g/mol. The predicted octanol–water partition coefficient (Wildman–Crippen LogP) is 2.58. The van der Waals surface area contributed by atoms with Gasteiger partial charge < -0.3 is 10.0 Å². The first-order valence-electron chi connectivity index (χ1n) is 5.64. The summed E-state index contributed by atoms with van der Waals surface area (Å²) < 4.78 is 0. The van der Waals surface area contributed by atoms with Gasteiger partial charge in [-0.1, -0.05) is 18.5 Å². The van der Waals surface area contributed by atoms with Crippen LogP contribution in [0.1, 0.15) is 29.3 Å². The van der Waals surface area contributed by atoms with Crippen molar-refractivity contribution in [1.82, 2.24) is 4.90 Å². The van der Waals surface area contributed by atoms with Crippen LogP contribution in [0.3, 0.4) is 0 Å². The van der Waals surface area contributed by atoms with E-state index < -0.39 is 12.0 Å². The first kappa shape index (κ1) is 14.5. The molecule has 0 aliphatic carbocycles. The van der Waals surface area contributed by atoms with E-state index in [9.17, 15) is 9.59 Å². The smallest absolute Gasteiger partial charge is 0.326 e. The molecule has 0 aliphatic heterocycles. The van der Waals surface area contributed by atoms with E-state index >= 15 is 0 Å². The van der Waals surface area contributed by atoms with Crippen LogP contribution in [-0.4, -0.2) is 35.0 Å². The Morgan fingerprint density at radius 3 is 2.50 bits per heavy atom. The number of rotatable bonds is 4. The molecule has 18 heavy (non-hydrogen) atoms. The largest absolute Gasteiger partial charge is 0.480 e. The van der Waals surface area contributed by atoms with Crippen molar-refractivity contribution in [2.45, 2.75) is 26.3 Å². The molecule has 0 heterocycles. The van der Waals surface area contributed by atoms with Gasteiger partial charge in [-0.05, 0) is 37.1 Å². The summed E-state index contributed by atoms with van der Waals surface area (Å²) in [6.07, 6.45) is 0.365. The standard InChI is InChI=1S/C13H16ClNO3/c1-4-11(13(17)18)15(3)12(16)10-6-5-9(14)7-8(10)2/h5-7,11H,4H2,1-3H3,(H,17,18). The third-order valence-corrected chi connectivity index (χ3v) is 3.11. The number of nitrogens with zero attached hydrogens (tertiary/aromatic N) is 1. The summed E-state index contributed by atoms with van der Waals surface area (Å²) in [5.74, 6) is -1.31. The summed E-state index contributed by atoms with van der Waals surface area (Å²) in [6, 6.07) is 4.11. The Morgan fingerprint density at radius 2 is 2.06 bits per heavy atom. The van der Waals surface area contributed by atoms with Gasteiger partial charge in [-0.3, -0.25) is 4.79 Å². The van der Waals surface area contributed by atoms with E-state index in [0.717, 1.165) is 5.56 Å². The lowest BCUT2D eigenvalue weighted by Crippen LogP contribution is -2.42. The minimum absolute atomic E-state index is 0.307. The molecule has 0 fully saturated rings. The molecule has 0 spiro atoms. The summed E-state index contributed by atoms with van der Waals surface area (Å²) in [5.41, 5.74) is 1.21. The third kappa shape index (κ3) is 3.01. The van der Waals surface area contributed by atoms with Crippen LogP contribution in [0.25, 0.3) is 0 Å². The molecule has 0 bridgehead atoms. The zero-order valence-corrected chi connectivity index (χ0v) is 11.4. The first-order chi connectivity index (χ1) is 8.38. The first-order valence-corrected chi connectivity index (χ1v) is 6.02. The van der Waals surface area contributed by atoms with Gasteiger partial charge in [-0.15, -0.1) is 0 Å². The second-order valence-electron chi connectivity index (χ2n) is 4.14. The number of hydrogen-bond acceptors (Lipinski definition) is 2. The SMILES string of the molecule is CCC(C(=O)O)N(C)C(=O)c1ccc(Cl)cc1C. The summed E-state index contributed by atoms with van der Waals surface area (Å²) in [4.78, 5) is 24.5. The van der Waals surface area contributed by atoms with Crippen molar-refractivity contribution >= 4 is 23.5 Å². The molecule has 0 aromatic heterocycles. The van der Waals surface area contributed by atoms with Gasteiger partial charge in [0.05, 0.1) is 0 Å². The Kier molecular flexibility index (Phi) is 4.73. The Bertz CT molecular complexity index is 473. The summed E-state index contributed by atoms with van der Waals surface area (Å²) in [6.45, 7) is 3.51. The Labute approximate surface area is 111 Å². The van der Waals surface area contributed by atoms with Gasteiger partial charge in [-0.2, -0.15) is 0 Å². The van der Waals surface area contributed by atoms with E-state index in [2.05, 4.69) is 0 Å². The number of aryl methyl sites for hydroxylation is 1. The predicted molar refractivity (Wildman–Crippen MR) is 70.0 cm³/mol. The van der Waals surface area contributed by atoms with Crippen LogP contribution in [-0.2, 0) is 4.79 Å². The van der Waals surface area contributed by atoms with Crippen molar-refractivity contribution in [3.8, 4) is 0 Å². The van der Waals surface area contributed by atoms with Crippen molar-refractivity contribution < 1.29 is 14.7 Å². The third-order valence-electron chi connectivity index (χ3n) is 2.88. The maximum atomic E-state index is 12.2. The number of benzene rings is 1. The summed E-state index contributed by atoms with van der Waals surface area (Å²) in [5, 5.41) is 9.59. The maximum Gasteiger partial charge on any atom is 0.326 e. The number of likely N-dealkylation sites (N-methyl/N-ethyl adjacent to an activating group) is 1. The van der Waals surface area contributed by atoms with E-state index in [-0.39, 0.29) is 5.91 Å². The number of amides is 1.